The number of amidine groups is 1. The van der Waals surface area contributed by atoms with Gasteiger partial charge in [0.1, 0.15) is 5.67 Å². The van der Waals surface area contributed by atoms with Gasteiger partial charge in [0, 0.05) is 24.5 Å². The highest BCUT2D eigenvalue weighted by molar-refractivity contribution is 6.01. The van der Waals surface area contributed by atoms with Gasteiger partial charge in [-0.3, -0.25) is 0 Å². The van der Waals surface area contributed by atoms with Crippen molar-refractivity contribution in [3.05, 3.63) is 124 Å². The van der Waals surface area contributed by atoms with Crippen LogP contribution >= 0.6 is 0 Å². The van der Waals surface area contributed by atoms with E-state index in [1.165, 1.54) is 53.8 Å². The lowest BCUT2D eigenvalue weighted by Crippen LogP contribution is -2.58. The normalized spacial score (nSPS) is 18.3. The molecule has 2 aliphatic carbocycles. The summed E-state index contributed by atoms with van der Waals surface area (Å²) in [6.45, 7) is 30.4. The standard InChI is InChI=1S/C37H48N4.C6H9F.C2H6/c1-9-12-32(13-10-2)36(38-7)40-34(11-3)28(6)39-27(5)29-18-20-31(21-19-29)35(30-16-14-26(4)15-17-30)33-22-37(23-33)24-41(8)25-37;1-5(2)6(7)3-4-6;1-2/h11-12,14-21,27,39H,6-7,9-10,13,22-25H2,1-5,8H3;1,3-4H2,2H3;1-2H3/b32-12+,34-11-,40-36-;;. The van der Waals surface area contributed by atoms with E-state index in [4.69, 9.17) is 4.99 Å². The number of alkyl halides is 1. The van der Waals surface area contributed by atoms with E-state index in [0.717, 1.165) is 36.2 Å². The number of nitrogens with one attached hydrogen (secondary N) is 1. The minimum absolute atomic E-state index is 0.0797. The molecule has 3 fully saturated rings. The van der Waals surface area contributed by atoms with Crippen LogP contribution in [0, 0.1) is 12.3 Å². The molecule has 0 radical (unpaired) electrons. The van der Waals surface area contributed by atoms with Crippen LogP contribution in [0.4, 0.5) is 4.39 Å². The van der Waals surface area contributed by atoms with Crippen LogP contribution in [0.1, 0.15) is 122 Å². The number of hydrogen-bond donors (Lipinski definition) is 1. The molecule has 2 aromatic carbocycles. The zero-order chi connectivity index (χ0) is 37.1. The van der Waals surface area contributed by atoms with Crippen LogP contribution in [0.25, 0.3) is 5.57 Å². The maximum Gasteiger partial charge on any atom is 0.154 e. The lowest BCUT2D eigenvalue weighted by Gasteiger charge is -2.56. The molecule has 5 rings (SSSR count). The second-order valence-electron chi connectivity index (χ2n) is 14.2. The predicted molar refractivity (Wildman–Crippen MR) is 217 cm³/mol. The first-order chi connectivity index (χ1) is 23.9. The summed E-state index contributed by atoms with van der Waals surface area (Å²) in [7, 11) is 2.23. The largest absolute Gasteiger partial charge is 0.377 e. The van der Waals surface area contributed by atoms with Crippen LogP contribution in [0.15, 0.2) is 112 Å². The van der Waals surface area contributed by atoms with Gasteiger partial charge in [0.25, 0.3) is 0 Å². The summed E-state index contributed by atoms with van der Waals surface area (Å²) >= 11 is 0. The lowest BCUT2D eigenvalue weighted by atomic mass is 9.59. The van der Waals surface area contributed by atoms with Crippen LogP contribution in [0.5, 0.6) is 0 Å². The Bertz CT molecular complexity index is 1580. The fraction of sp³-hybridized carbons (Fsp3) is 0.467. The van der Waals surface area contributed by atoms with Crippen molar-refractivity contribution in [3.8, 4) is 0 Å². The van der Waals surface area contributed by atoms with Crippen molar-refractivity contribution < 1.29 is 4.39 Å². The molecule has 1 atom stereocenters. The molecule has 1 saturated heterocycles. The summed E-state index contributed by atoms with van der Waals surface area (Å²) < 4.78 is 12.5. The van der Waals surface area contributed by atoms with Crippen LogP contribution in [-0.4, -0.2) is 43.3 Å². The molecule has 1 unspecified atom stereocenters. The average molecular weight is 679 g/mol. The van der Waals surface area contributed by atoms with Gasteiger partial charge in [-0.1, -0.05) is 119 Å². The molecular weight excluding hydrogens is 616 g/mol. The third-order valence-electron chi connectivity index (χ3n) is 9.84. The molecule has 0 aromatic heterocycles. The Kier molecular flexibility index (Phi) is 15.0. The number of aliphatic imine (C=N–C) groups is 2. The van der Waals surface area contributed by atoms with Gasteiger partial charge < -0.3 is 10.2 Å². The Hall–Kier alpha value is -3.83. The van der Waals surface area contributed by atoms with Crippen LogP contribution in [0.3, 0.4) is 0 Å². The fourth-order valence-corrected chi connectivity index (χ4v) is 6.99. The Labute approximate surface area is 303 Å². The van der Waals surface area contributed by atoms with Gasteiger partial charge >= 0.3 is 0 Å². The molecule has 50 heavy (non-hydrogen) atoms. The number of rotatable bonds is 12. The first-order valence-corrected chi connectivity index (χ1v) is 18.7. The molecule has 2 saturated carbocycles. The first kappa shape index (κ1) is 40.6. The molecule has 2 aromatic rings. The Morgan fingerprint density at radius 1 is 1.00 bits per heavy atom. The number of aryl methyl sites for hydroxylation is 1. The molecule has 1 heterocycles. The van der Waals surface area contributed by atoms with Crippen molar-refractivity contribution in [2.45, 2.75) is 112 Å². The quantitative estimate of drug-likeness (QED) is 0.105. The monoisotopic (exact) mass is 679 g/mol. The average Bonchev–Trinajstić information content (AvgIpc) is 3.84. The highest BCUT2D eigenvalue weighted by atomic mass is 19.1. The second-order valence-corrected chi connectivity index (χ2v) is 14.2. The number of hydrogen-bond acceptors (Lipinski definition) is 3. The highest BCUT2D eigenvalue weighted by Gasteiger charge is 2.49. The van der Waals surface area contributed by atoms with Gasteiger partial charge in [0.2, 0.25) is 0 Å². The molecule has 5 heteroatoms. The summed E-state index contributed by atoms with van der Waals surface area (Å²) in [5.41, 5.74) is 11.1. The maximum atomic E-state index is 12.5. The summed E-state index contributed by atoms with van der Waals surface area (Å²) in [5, 5.41) is 3.57. The SMILES string of the molecule is C=C(C)C1(F)CC1.C=NC(=N\C(=C/C)C(=C)NC(C)c1ccc(C(=C2CC3(C2)CN(C)C3)c2ccc(C)cc2)cc1)/C(=C/CC)CCC.CC. The number of allylic oxidation sites excluding steroid dienone is 4. The number of benzene rings is 2. The van der Waals surface area contributed by atoms with E-state index < -0.39 is 5.67 Å². The number of likely N-dealkylation sites (tertiary alicyclic amines) is 1. The van der Waals surface area contributed by atoms with E-state index in [-0.39, 0.29) is 6.04 Å². The predicted octanol–water partition coefficient (Wildman–Crippen LogP) is 11.9. The van der Waals surface area contributed by atoms with Crippen molar-refractivity contribution in [1.29, 1.82) is 0 Å². The van der Waals surface area contributed by atoms with Gasteiger partial charge in [0.15, 0.2) is 5.84 Å². The summed E-state index contributed by atoms with van der Waals surface area (Å²) in [6.07, 6.45) is 10.9. The fourth-order valence-electron chi connectivity index (χ4n) is 6.99. The third-order valence-corrected chi connectivity index (χ3v) is 9.84. The summed E-state index contributed by atoms with van der Waals surface area (Å²) in [4.78, 5) is 11.5. The highest BCUT2D eigenvalue weighted by Crippen LogP contribution is 2.54. The zero-order valence-corrected chi connectivity index (χ0v) is 32.6. The Morgan fingerprint density at radius 2 is 1.56 bits per heavy atom. The maximum absolute atomic E-state index is 12.5. The van der Waals surface area contributed by atoms with Gasteiger partial charge in [-0.15, -0.1) is 0 Å². The second kappa shape index (κ2) is 18.4. The lowest BCUT2D eigenvalue weighted by molar-refractivity contribution is -0.0106. The van der Waals surface area contributed by atoms with Gasteiger partial charge in [-0.2, -0.15) is 0 Å². The summed E-state index contributed by atoms with van der Waals surface area (Å²) in [5.74, 6) is 0.685. The molecule has 270 valence electrons. The van der Waals surface area contributed by atoms with E-state index in [1.807, 2.05) is 26.8 Å². The zero-order valence-electron chi connectivity index (χ0n) is 32.6. The molecule has 0 bridgehead atoms. The topological polar surface area (TPSA) is 40.0 Å². The van der Waals surface area contributed by atoms with Crippen LogP contribution < -0.4 is 5.32 Å². The van der Waals surface area contributed by atoms with E-state index in [2.05, 4.69) is 124 Å². The molecule has 4 nitrogen and oxygen atoms in total. The van der Waals surface area contributed by atoms with E-state index in [1.54, 1.807) is 12.5 Å². The Morgan fingerprint density at radius 3 is 1.98 bits per heavy atom. The van der Waals surface area contributed by atoms with Crippen molar-refractivity contribution in [3.63, 3.8) is 0 Å². The van der Waals surface area contributed by atoms with Crippen molar-refractivity contribution in [2.75, 3.05) is 20.1 Å². The molecule has 1 aliphatic heterocycles. The van der Waals surface area contributed by atoms with Crippen LogP contribution in [0.2, 0.25) is 0 Å². The molecule has 1 N–H and O–H groups in total. The van der Waals surface area contributed by atoms with Crippen LogP contribution in [-0.2, 0) is 0 Å². The van der Waals surface area contributed by atoms with E-state index >= 15 is 0 Å². The smallest absolute Gasteiger partial charge is 0.154 e. The number of nitrogens with zero attached hydrogens (tertiary/aromatic N) is 3. The van der Waals surface area contributed by atoms with Gasteiger partial charge in [0.05, 0.1) is 11.4 Å². The number of halogens is 1. The first-order valence-electron chi connectivity index (χ1n) is 18.7. The van der Waals surface area contributed by atoms with E-state index in [0.29, 0.717) is 29.7 Å². The van der Waals surface area contributed by atoms with Crippen molar-refractivity contribution >= 4 is 18.1 Å². The van der Waals surface area contributed by atoms with E-state index in [9.17, 15) is 4.39 Å². The molecule has 1 spiro atoms. The Balaban J connectivity index is 0.000000659. The van der Waals surface area contributed by atoms with Gasteiger partial charge in [-0.05, 0) is 113 Å². The summed E-state index contributed by atoms with van der Waals surface area (Å²) in [6, 6.07) is 18.2. The van der Waals surface area contributed by atoms with Crippen molar-refractivity contribution in [2.24, 2.45) is 15.4 Å². The van der Waals surface area contributed by atoms with Gasteiger partial charge in [-0.25, -0.2) is 14.4 Å². The molecular formula is C45H63FN4. The van der Waals surface area contributed by atoms with Crippen molar-refractivity contribution in [1.82, 2.24) is 10.2 Å². The minimum Gasteiger partial charge on any atom is -0.377 e. The third kappa shape index (κ3) is 10.4. The minimum atomic E-state index is -0.944. The molecule has 3 aliphatic rings. The molecule has 0 amide bonds.